The predicted octanol–water partition coefficient (Wildman–Crippen LogP) is 4.20. The van der Waals surface area contributed by atoms with E-state index in [-0.39, 0.29) is 12.3 Å². The fourth-order valence-electron chi connectivity index (χ4n) is 1.89. The molecule has 0 bridgehead atoms. The maximum atomic E-state index is 13.7. The summed E-state index contributed by atoms with van der Waals surface area (Å²) in [5.41, 5.74) is 0.895. The third kappa shape index (κ3) is 3.95. The molecule has 21 heavy (non-hydrogen) atoms. The van der Waals surface area contributed by atoms with Crippen molar-refractivity contribution >= 4 is 23.3 Å². The largest absolute Gasteiger partial charge is 0.464 e. The Labute approximate surface area is 127 Å². The van der Waals surface area contributed by atoms with E-state index in [2.05, 4.69) is 5.32 Å². The van der Waals surface area contributed by atoms with Crippen LogP contribution in [0.1, 0.15) is 18.5 Å². The average molecular weight is 308 g/mol. The van der Waals surface area contributed by atoms with E-state index in [1.54, 1.807) is 49.4 Å². The molecule has 0 saturated carbocycles. The number of carbonyl (C=O) groups excluding carboxylic acids is 1. The highest BCUT2D eigenvalue weighted by Crippen LogP contribution is 2.24. The van der Waals surface area contributed by atoms with Crippen LogP contribution in [0.3, 0.4) is 0 Å². The van der Waals surface area contributed by atoms with Crippen molar-refractivity contribution in [2.75, 3.05) is 11.9 Å². The van der Waals surface area contributed by atoms with Crippen LogP contribution >= 0.6 is 11.6 Å². The lowest BCUT2D eigenvalue weighted by atomic mass is 10.1. The summed E-state index contributed by atoms with van der Waals surface area (Å²) < 4.78 is 18.8. The van der Waals surface area contributed by atoms with Crippen LogP contribution in [0.25, 0.3) is 0 Å². The van der Waals surface area contributed by atoms with E-state index < -0.39 is 17.8 Å². The first-order valence-corrected chi connectivity index (χ1v) is 6.92. The van der Waals surface area contributed by atoms with Crippen molar-refractivity contribution in [3.05, 3.63) is 64.9 Å². The van der Waals surface area contributed by atoms with E-state index in [9.17, 15) is 9.18 Å². The Balaban J connectivity index is 2.30. The Morgan fingerprint density at radius 3 is 2.52 bits per heavy atom. The van der Waals surface area contributed by atoms with Crippen LogP contribution in [0.15, 0.2) is 48.5 Å². The molecule has 110 valence electrons. The van der Waals surface area contributed by atoms with Gasteiger partial charge in [-0.1, -0.05) is 35.9 Å². The molecule has 5 heteroatoms. The maximum Gasteiger partial charge on any atom is 0.333 e. The zero-order valence-electron chi connectivity index (χ0n) is 11.5. The average Bonchev–Trinajstić information content (AvgIpc) is 2.48. The fraction of sp³-hybridized carbons (Fsp3) is 0.188. The van der Waals surface area contributed by atoms with Gasteiger partial charge in [0.1, 0.15) is 5.82 Å². The molecule has 0 saturated heterocycles. The van der Waals surface area contributed by atoms with Gasteiger partial charge in [0.25, 0.3) is 0 Å². The number of para-hydroxylation sites is 1. The topological polar surface area (TPSA) is 38.3 Å². The van der Waals surface area contributed by atoms with Gasteiger partial charge in [0.05, 0.1) is 12.3 Å². The van der Waals surface area contributed by atoms with Crippen LogP contribution in [-0.2, 0) is 9.53 Å². The van der Waals surface area contributed by atoms with Gasteiger partial charge in [0, 0.05) is 5.02 Å². The number of anilines is 1. The molecule has 2 aromatic carbocycles. The highest BCUT2D eigenvalue weighted by molar-refractivity contribution is 6.30. The molecule has 0 fully saturated rings. The van der Waals surface area contributed by atoms with Crippen LogP contribution in [0.2, 0.25) is 5.02 Å². The molecule has 0 aromatic heterocycles. The zero-order valence-corrected chi connectivity index (χ0v) is 12.2. The van der Waals surface area contributed by atoms with E-state index >= 15 is 0 Å². The maximum absolute atomic E-state index is 13.7. The number of hydrogen-bond donors (Lipinski definition) is 1. The summed E-state index contributed by atoms with van der Waals surface area (Å²) in [5, 5.41) is 3.44. The first-order valence-electron chi connectivity index (χ1n) is 6.55. The van der Waals surface area contributed by atoms with Crippen LogP contribution in [0, 0.1) is 5.82 Å². The number of carbonyl (C=O) groups is 1. The summed E-state index contributed by atoms with van der Waals surface area (Å²) in [6.45, 7) is 1.97. The van der Waals surface area contributed by atoms with Crippen molar-refractivity contribution in [2.24, 2.45) is 0 Å². The number of halogens is 2. The molecule has 1 atom stereocenters. The number of esters is 1. The van der Waals surface area contributed by atoms with E-state index in [1.807, 2.05) is 0 Å². The fourth-order valence-corrected chi connectivity index (χ4v) is 2.02. The Morgan fingerprint density at radius 1 is 1.24 bits per heavy atom. The molecule has 0 radical (unpaired) electrons. The van der Waals surface area contributed by atoms with Crippen LogP contribution in [0.5, 0.6) is 0 Å². The van der Waals surface area contributed by atoms with Gasteiger partial charge in [-0.15, -0.1) is 0 Å². The number of ether oxygens (including phenoxy) is 1. The monoisotopic (exact) mass is 307 g/mol. The number of hydrogen-bond acceptors (Lipinski definition) is 3. The van der Waals surface area contributed by atoms with Crippen molar-refractivity contribution < 1.29 is 13.9 Å². The van der Waals surface area contributed by atoms with Gasteiger partial charge in [-0.05, 0) is 36.8 Å². The van der Waals surface area contributed by atoms with E-state index in [1.165, 1.54) is 6.07 Å². The van der Waals surface area contributed by atoms with Crippen molar-refractivity contribution in [1.82, 2.24) is 0 Å². The number of benzene rings is 2. The van der Waals surface area contributed by atoms with Crippen LogP contribution in [-0.4, -0.2) is 12.6 Å². The molecule has 3 nitrogen and oxygen atoms in total. The molecular weight excluding hydrogens is 293 g/mol. The lowest BCUT2D eigenvalue weighted by Crippen LogP contribution is -2.23. The Hall–Kier alpha value is -2.07. The molecule has 1 N–H and O–H groups in total. The standard InChI is InChI=1S/C16H15ClFNO2/c1-2-21-16(20)15(11-7-9-12(17)10-8-11)19-14-6-4-3-5-13(14)18/h3-10,15,19H,2H2,1H3. The molecular formula is C16H15ClFNO2. The summed E-state index contributed by atoms with van der Waals surface area (Å²) in [5.74, 6) is -0.899. The normalized spacial score (nSPS) is 11.8. The summed E-state index contributed by atoms with van der Waals surface area (Å²) in [7, 11) is 0. The second-order valence-corrected chi connectivity index (χ2v) is 4.80. The van der Waals surface area contributed by atoms with Gasteiger partial charge in [-0.25, -0.2) is 9.18 Å². The van der Waals surface area contributed by atoms with Crippen molar-refractivity contribution in [3.8, 4) is 0 Å². The van der Waals surface area contributed by atoms with Gasteiger partial charge in [-0.3, -0.25) is 0 Å². The summed E-state index contributed by atoms with van der Waals surface area (Å²) in [6.07, 6.45) is 0. The predicted molar refractivity (Wildman–Crippen MR) is 80.8 cm³/mol. The Morgan fingerprint density at radius 2 is 1.90 bits per heavy atom. The van der Waals surface area contributed by atoms with Crippen LogP contribution < -0.4 is 5.32 Å². The third-order valence-corrected chi connectivity index (χ3v) is 3.15. The molecule has 0 amide bonds. The lowest BCUT2D eigenvalue weighted by Gasteiger charge is -2.19. The van der Waals surface area contributed by atoms with E-state index in [4.69, 9.17) is 16.3 Å². The molecule has 0 spiro atoms. The van der Waals surface area contributed by atoms with Gasteiger partial charge >= 0.3 is 5.97 Å². The Bertz CT molecular complexity index is 616. The van der Waals surface area contributed by atoms with Crippen molar-refractivity contribution in [2.45, 2.75) is 13.0 Å². The smallest absolute Gasteiger partial charge is 0.333 e. The van der Waals surface area contributed by atoms with Crippen molar-refractivity contribution in [3.63, 3.8) is 0 Å². The lowest BCUT2D eigenvalue weighted by molar-refractivity contribution is -0.144. The molecule has 2 aromatic rings. The SMILES string of the molecule is CCOC(=O)C(Nc1ccccc1F)c1ccc(Cl)cc1. The Kier molecular flexibility index (Phi) is 5.17. The third-order valence-electron chi connectivity index (χ3n) is 2.90. The van der Waals surface area contributed by atoms with E-state index in [0.717, 1.165) is 0 Å². The molecule has 0 aliphatic carbocycles. The highest BCUT2D eigenvalue weighted by atomic mass is 35.5. The van der Waals surface area contributed by atoms with Crippen molar-refractivity contribution in [1.29, 1.82) is 0 Å². The number of rotatable bonds is 5. The summed E-state index contributed by atoms with van der Waals surface area (Å²) in [4.78, 5) is 12.1. The first-order chi connectivity index (χ1) is 10.1. The molecule has 0 aliphatic heterocycles. The molecule has 2 rings (SSSR count). The van der Waals surface area contributed by atoms with Gasteiger partial charge in [0.2, 0.25) is 0 Å². The van der Waals surface area contributed by atoms with Gasteiger partial charge in [-0.2, -0.15) is 0 Å². The second-order valence-electron chi connectivity index (χ2n) is 4.36. The quantitative estimate of drug-likeness (QED) is 0.842. The molecule has 0 heterocycles. The minimum Gasteiger partial charge on any atom is -0.464 e. The molecule has 1 unspecified atom stereocenters. The minimum atomic E-state index is -0.792. The van der Waals surface area contributed by atoms with Crippen LogP contribution in [0.4, 0.5) is 10.1 Å². The van der Waals surface area contributed by atoms with Gasteiger partial charge < -0.3 is 10.1 Å². The second kappa shape index (κ2) is 7.09. The first kappa shape index (κ1) is 15.3. The van der Waals surface area contributed by atoms with E-state index in [0.29, 0.717) is 10.6 Å². The zero-order chi connectivity index (χ0) is 15.2. The molecule has 0 aliphatic rings. The minimum absolute atomic E-state index is 0.241. The highest BCUT2D eigenvalue weighted by Gasteiger charge is 2.22. The van der Waals surface area contributed by atoms with Gasteiger partial charge in [0.15, 0.2) is 6.04 Å². The summed E-state index contributed by atoms with van der Waals surface area (Å²) in [6, 6.07) is 12.1. The number of nitrogens with one attached hydrogen (secondary N) is 1. The summed E-state index contributed by atoms with van der Waals surface area (Å²) >= 11 is 5.85.